The van der Waals surface area contributed by atoms with Crippen molar-refractivity contribution in [1.29, 1.82) is 0 Å². The van der Waals surface area contributed by atoms with Crippen LogP contribution in [0.4, 0.5) is 0 Å². The van der Waals surface area contributed by atoms with Crippen LogP contribution in [-0.2, 0) is 4.74 Å². The summed E-state index contributed by atoms with van der Waals surface area (Å²) < 4.78 is 15.9. The zero-order chi connectivity index (χ0) is 14.8. The van der Waals surface area contributed by atoms with Gasteiger partial charge in [0.25, 0.3) is 0 Å². The van der Waals surface area contributed by atoms with E-state index in [0.717, 1.165) is 19.1 Å². The molecule has 0 radical (unpaired) electrons. The van der Waals surface area contributed by atoms with Crippen LogP contribution in [0, 0.1) is 0 Å². The number of hydrogen-bond acceptors (Lipinski definition) is 5. The molecule has 1 aromatic carbocycles. The molecule has 0 saturated carbocycles. The van der Waals surface area contributed by atoms with Gasteiger partial charge in [0, 0.05) is 12.2 Å². The second kappa shape index (κ2) is 9.34. The SMILES string of the molecule is CCCCOCC(O)COc1cc(C=O)ccc1OC. The van der Waals surface area contributed by atoms with Crippen LogP contribution in [0.15, 0.2) is 18.2 Å². The first-order valence-electron chi connectivity index (χ1n) is 6.73. The highest BCUT2D eigenvalue weighted by atomic mass is 16.5. The summed E-state index contributed by atoms with van der Waals surface area (Å²) in [4.78, 5) is 10.7. The summed E-state index contributed by atoms with van der Waals surface area (Å²) in [6.45, 7) is 3.03. The first-order valence-corrected chi connectivity index (χ1v) is 6.73. The van der Waals surface area contributed by atoms with Gasteiger partial charge in [-0.25, -0.2) is 0 Å². The number of aliphatic hydroxyl groups excluding tert-OH is 1. The Morgan fingerprint density at radius 3 is 2.75 bits per heavy atom. The maximum Gasteiger partial charge on any atom is 0.162 e. The molecule has 1 rings (SSSR count). The van der Waals surface area contributed by atoms with Crippen molar-refractivity contribution < 1.29 is 24.1 Å². The van der Waals surface area contributed by atoms with Crippen molar-refractivity contribution in [3.05, 3.63) is 23.8 Å². The minimum absolute atomic E-state index is 0.0881. The molecule has 0 aliphatic carbocycles. The van der Waals surface area contributed by atoms with Crippen LogP contribution in [0.2, 0.25) is 0 Å². The maximum absolute atomic E-state index is 10.7. The molecular formula is C15H22O5. The smallest absolute Gasteiger partial charge is 0.162 e. The van der Waals surface area contributed by atoms with Gasteiger partial charge in [0.05, 0.1) is 13.7 Å². The van der Waals surface area contributed by atoms with E-state index >= 15 is 0 Å². The Morgan fingerprint density at radius 2 is 2.10 bits per heavy atom. The minimum Gasteiger partial charge on any atom is -0.493 e. The number of aldehydes is 1. The second-order valence-corrected chi connectivity index (χ2v) is 4.42. The van der Waals surface area contributed by atoms with Gasteiger partial charge < -0.3 is 19.3 Å². The highest BCUT2D eigenvalue weighted by Crippen LogP contribution is 2.27. The number of rotatable bonds is 10. The Hall–Kier alpha value is -1.59. The van der Waals surface area contributed by atoms with Crippen LogP contribution in [0.25, 0.3) is 0 Å². The largest absolute Gasteiger partial charge is 0.493 e. The number of benzene rings is 1. The fourth-order valence-corrected chi connectivity index (χ4v) is 1.58. The van der Waals surface area contributed by atoms with Crippen molar-refractivity contribution in [2.45, 2.75) is 25.9 Å². The number of carbonyl (C=O) groups excluding carboxylic acids is 1. The van der Waals surface area contributed by atoms with Gasteiger partial charge in [-0.3, -0.25) is 4.79 Å². The maximum atomic E-state index is 10.7. The number of aliphatic hydroxyl groups is 1. The normalized spacial score (nSPS) is 11.9. The molecule has 1 unspecified atom stereocenters. The first kappa shape index (κ1) is 16.5. The zero-order valence-corrected chi connectivity index (χ0v) is 12.0. The predicted molar refractivity (Wildman–Crippen MR) is 75.6 cm³/mol. The van der Waals surface area contributed by atoms with Gasteiger partial charge in [-0.1, -0.05) is 13.3 Å². The summed E-state index contributed by atoms with van der Waals surface area (Å²) in [5.41, 5.74) is 0.495. The zero-order valence-electron chi connectivity index (χ0n) is 12.0. The van der Waals surface area contributed by atoms with E-state index < -0.39 is 6.10 Å². The number of unbranched alkanes of at least 4 members (excludes halogenated alkanes) is 1. The van der Waals surface area contributed by atoms with Gasteiger partial charge in [0.2, 0.25) is 0 Å². The highest BCUT2D eigenvalue weighted by molar-refractivity contribution is 5.76. The Balaban J connectivity index is 2.45. The number of methoxy groups -OCH3 is 1. The monoisotopic (exact) mass is 282 g/mol. The van der Waals surface area contributed by atoms with Crippen molar-refractivity contribution in [2.75, 3.05) is 26.9 Å². The molecule has 0 aliphatic heterocycles. The molecule has 1 aromatic rings. The summed E-state index contributed by atoms with van der Waals surface area (Å²) in [6, 6.07) is 4.88. The Bertz CT molecular complexity index is 405. The molecule has 0 aliphatic rings. The summed E-state index contributed by atoms with van der Waals surface area (Å²) in [7, 11) is 1.52. The van der Waals surface area contributed by atoms with E-state index in [9.17, 15) is 9.90 Å². The fourth-order valence-electron chi connectivity index (χ4n) is 1.58. The molecule has 0 bridgehead atoms. The molecule has 5 heteroatoms. The lowest BCUT2D eigenvalue weighted by Gasteiger charge is -2.15. The quantitative estimate of drug-likeness (QED) is 0.525. The van der Waals surface area contributed by atoms with Crippen LogP contribution < -0.4 is 9.47 Å². The summed E-state index contributed by atoms with van der Waals surface area (Å²) in [6.07, 6.45) is 2.05. The molecule has 20 heavy (non-hydrogen) atoms. The molecule has 0 spiro atoms. The standard InChI is InChI=1S/C15H22O5/c1-3-4-7-19-10-13(17)11-20-15-8-12(9-16)5-6-14(15)18-2/h5-6,8-9,13,17H,3-4,7,10-11H2,1-2H3. The van der Waals surface area contributed by atoms with Crippen LogP contribution >= 0.6 is 0 Å². The van der Waals surface area contributed by atoms with Gasteiger partial charge in [-0.15, -0.1) is 0 Å². The van der Waals surface area contributed by atoms with E-state index in [1.54, 1.807) is 18.2 Å². The molecule has 1 atom stereocenters. The van der Waals surface area contributed by atoms with Gasteiger partial charge >= 0.3 is 0 Å². The second-order valence-electron chi connectivity index (χ2n) is 4.42. The van der Waals surface area contributed by atoms with Gasteiger partial charge in [0.1, 0.15) is 19.0 Å². The average molecular weight is 282 g/mol. The van der Waals surface area contributed by atoms with E-state index in [2.05, 4.69) is 6.92 Å². The molecule has 0 amide bonds. The molecule has 0 saturated heterocycles. The molecule has 0 heterocycles. The van der Waals surface area contributed by atoms with Crippen LogP contribution in [-0.4, -0.2) is 44.4 Å². The molecule has 5 nitrogen and oxygen atoms in total. The van der Waals surface area contributed by atoms with Crippen molar-refractivity contribution in [1.82, 2.24) is 0 Å². The third-order valence-corrected chi connectivity index (χ3v) is 2.71. The minimum atomic E-state index is -0.712. The van der Waals surface area contributed by atoms with Crippen molar-refractivity contribution >= 4 is 6.29 Å². The Labute approximate surface area is 119 Å². The van der Waals surface area contributed by atoms with Crippen LogP contribution in [0.3, 0.4) is 0 Å². The highest BCUT2D eigenvalue weighted by Gasteiger charge is 2.10. The lowest BCUT2D eigenvalue weighted by atomic mass is 10.2. The topological polar surface area (TPSA) is 65.0 Å². The molecule has 0 aromatic heterocycles. The average Bonchev–Trinajstić information content (AvgIpc) is 2.49. The van der Waals surface area contributed by atoms with E-state index in [0.29, 0.717) is 23.7 Å². The third kappa shape index (κ3) is 5.59. The van der Waals surface area contributed by atoms with Gasteiger partial charge in [-0.2, -0.15) is 0 Å². The van der Waals surface area contributed by atoms with E-state index in [4.69, 9.17) is 14.2 Å². The summed E-state index contributed by atoms with van der Waals surface area (Å²) in [5.74, 6) is 0.958. The number of ether oxygens (including phenoxy) is 3. The number of carbonyl (C=O) groups is 1. The van der Waals surface area contributed by atoms with Crippen LogP contribution in [0.1, 0.15) is 30.1 Å². The third-order valence-electron chi connectivity index (χ3n) is 2.71. The molecular weight excluding hydrogens is 260 g/mol. The predicted octanol–water partition coefficient (Wildman–Crippen LogP) is 2.06. The van der Waals surface area contributed by atoms with Crippen LogP contribution in [0.5, 0.6) is 11.5 Å². The van der Waals surface area contributed by atoms with Gasteiger partial charge in [0.15, 0.2) is 11.5 Å². The van der Waals surface area contributed by atoms with Crippen molar-refractivity contribution in [2.24, 2.45) is 0 Å². The Kier molecular flexibility index (Phi) is 7.69. The fraction of sp³-hybridized carbons (Fsp3) is 0.533. The van der Waals surface area contributed by atoms with E-state index in [1.165, 1.54) is 7.11 Å². The van der Waals surface area contributed by atoms with Crippen molar-refractivity contribution in [3.63, 3.8) is 0 Å². The van der Waals surface area contributed by atoms with E-state index in [1.807, 2.05) is 0 Å². The lowest BCUT2D eigenvalue weighted by molar-refractivity contribution is 0.0108. The van der Waals surface area contributed by atoms with Gasteiger partial charge in [-0.05, 0) is 24.6 Å². The Morgan fingerprint density at radius 1 is 1.30 bits per heavy atom. The molecule has 1 N–H and O–H groups in total. The first-order chi connectivity index (χ1) is 9.71. The summed E-state index contributed by atoms with van der Waals surface area (Å²) in [5, 5.41) is 9.74. The molecule has 0 fully saturated rings. The number of hydrogen-bond donors (Lipinski definition) is 1. The summed E-state index contributed by atoms with van der Waals surface area (Å²) >= 11 is 0. The van der Waals surface area contributed by atoms with Crippen molar-refractivity contribution in [3.8, 4) is 11.5 Å². The van der Waals surface area contributed by atoms with E-state index in [-0.39, 0.29) is 13.2 Å². The lowest BCUT2D eigenvalue weighted by Crippen LogP contribution is -2.23. The molecule has 112 valence electrons.